The summed E-state index contributed by atoms with van der Waals surface area (Å²) < 4.78 is 4.59. The minimum absolute atomic E-state index is 0.291. The number of aromatic nitrogens is 3. The molecular formula is C12H9N3O4. The van der Waals surface area contributed by atoms with Crippen LogP contribution in [0.25, 0.3) is 11.1 Å². The van der Waals surface area contributed by atoms with E-state index in [9.17, 15) is 9.59 Å². The molecule has 2 heterocycles. The number of nitrogens with zero attached hydrogens (tertiary/aromatic N) is 3. The number of pyridine rings is 1. The molecule has 7 nitrogen and oxygen atoms in total. The van der Waals surface area contributed by atoms with Crippen LogP contribution in [-0.2, 0) is 4.74 Å². The summed E-state index contributed by atoms with van der Waals surface area (Å²) in [5, 5.41) is 8.70. The SMILES string of the molecule is COC(=O)c1cncc(-c2cnc(C(=O)O)nc2)c1. The minimum atomic E-state index is -1.20. The van der Waals surface area contributed by atoms with Gasteiger partial charge >= 0.3 is 11.9 Å². The summed E-state index contributed by atoms with van der Waals surface area (Å²) in [6.45, 7) is 0. The Morgan fingerprint density at radius 1 is 1.11 bits per heavy atom. The summed E-state index contributed by atoms with van der Waals surface area (Å²) in [4.78, 5) is 33.3. The average molecular weight is 259 g/mol. The monoisotopic (exact) mass is 259 g/mol. The maximum absolute atomic E-state index is 11.4. The molecule has 0 radical (unpaired) electrons. The first kappa shape index (κ1) is 12.6. The summed E-state index contributed by atoms with van der Waals surface area (Å²) in [5.41, 5.74) is 1.45. The van der Waals surface area contributed by atoms with Crippen LogP contribution in [0.4, 0.5) is 0 Å². The van der Waals surface area contributed by atoms with Gasteiger partial charge in [0.25, 0.3) is 0 Å². The number of rotatable bonds is 3. The summed E-state index contributed by atoms with van der Waals surface area (Å²) >= 11 is 0. The number of carboxylic acid groups (broad SMARTS) is 1. The molecule has 96 valence electrons. The van der Waals surface area contributed by atoms with Gasteiger partial charge in [0.1, 0.15) is 0 Å². The van der Waals surface area contributed by atoms with Crippen molar-refractivity contribution in [1.29, 1.82) is 0 Å². The van der Waals surface area contributed by atoms with Gasteiger partial charge in [-0.15, -0.1) is 0 Å². The Bertz CT molecular complexity index is 625. The molecule has 19 heavy (non-hydrogen) atoms. The fourth-order valence-corrected chi connectivity index (χ4v) is 1.41. The highest BCUT2D eigenvalue weighted by Crippen LogP contribution is 2.17. The van der Waals surface area contributed by atoms with Crippen molar-refractivity contribution in [3.63, 3.8) is 0 Å². The fourth-order valence-electron chi connectivity index (χ4n) is 1.41. The van der Waals surface area contributed by atoms with Gasteiger partial charge < -0.3 is 9.84 Å². The molecule has 0 aliphatic heterocycles. The predicted molar refractivity (Wildman–Crippen MR) is 63.6 cm³/mol. The lowest BCUT2D eigenvalue weighted by Gasteiger charge is -2.03. The molecule has 0 unspecified atom stereocenters. The van der Waals surface area contributed by atoms with Gasteiger partial charge in [-0.05, 0) is 6.07 Å². The number of aromatic carboxylic acids is 1. The topological polar surface area (TPSA) is 102 Å². The molecule has 0 aliphatic carbocycles. The number of carbonyl (C=O) groups excluding carboxylic acids is 1. The van der Waals surface area contributed by atoms with Crippen LogP contribution >= 0.6 is 0 Å². The maximum Gasteiger partial charge on any atom is 0.373 e. The zero-order valence-corrected chi connectivity index (χ0v) is 9.90. The Hall–Kier alpha value is -2.83. The van der Waals surface area contributed by atoms with Crippen molar-refractivity contribution in [3.8, 4) is 11.1 Å². The van der Waals surface area contributed by atoms with Crippen molar-refractivity contribution < 1.29 is 19.4 Å². The lowest BCUT2D eigenvalue weighted by atomic mass is 10.1. The molecule has 0 bridgehead atoms. The Morgan fingerprint density at radius 3 is 2.37 bits per heavy atom. The van der Waals surface area contributed by atoms with E-state index in [1.165, 1.54) is 31.9 Å². The lowest BCUT2D eigenvalue weighted by Crippen LogP contribution is -2.04. The number of methoxy groups -OCH3 is 1. The number of carbonyl (C=O) groups is 2. The van der Waals surface area contributed by atoms with Crippen LogP contribution in [0.1, 0.15) is 21.0 Å². The molecule has 2 rings (SSSR count). The molecule has 0 saturated heterocycles. The van der Waals surface area contributed by atoms with Gasteiger partial charge in [-0.2, -0.15) is 0 Å². The zero-order valence-electron chi connectivity index (χ0n) is 9.90. The number of hydrogen-bond donors (Lipinski definition) is 1. The summed E-state index contributed by atoms with van der Waals surface area (Å²) in [6.07, 6.45) is 5.61. The molecule has 0 aromatic carbocycles. The highest BCUT2D eigenvalue weighted by molar-refractivity contribution is 5.90. The van der Waals surface area contributed by atoms with Gasteiger partial charge in [0.15, 0.2) is 0 Å². The Morgan fingerprint density at radius 2 is 1.79 bits per heavy atom. The third-order valence-electron chi connectivity index (χ3n) is 2.34. The molecule has 0 aliphatic rings. The quantitative estimate of drug-likeness (QED) is 0.821. The van der Waals surface area contributed by atoms with Crippen LogP contribution in [-0.4, -0.2) is 39.1 Å². The average Bonchev–Trinajstić information content (AvgIpc) is 2.46. The minimum Gasteiger partial charge on any atom is -0.475 e. The molecule has 0 saturated carbocycles. The van der Waals surface area contributed by atoms with Crippen molar-refractivity contribution in [2.75, 3.05) is 7.11 Å². The first-order chi connectivity index (χ1) is 9.11. The first-order valence-electron chi connectivity index (χ1n) is 5.21. The van der Waals surface area contributed by atoms with Gasteiger partial charge in [0.05, 0.1) is 12.7 Å². The largest absolute Gasteiger partial charge is 0.475 e. The first-order valence-corrected chi connectivity index (χ1v) is 5.21. The molecule has 1 N–H and O–H groups in total. The summed E-state index contributed by atoms with van der Waals surface area (Å²) in [6, 6.07) is 1.57. The Labute approximate surface area is 107 Å². The molecular weight excluding hydrogens is 250 g/mol. The van der Waals surface area contributed by atoms with Gasteiger partial charge in [-0.1, -0.05) is 0 Å². The van der Waals surface area contributed by atoms with Crippen molar-refractivity contribution in [3.05, 3.63) is 42.2 Å². The molecule has 7 heteroatoms. The maximum atomic E-state index is 11.4. The van der Waals surface area contributed by atoms with Crippen LogP contribution in [0.15, 0.2) is 30.9 Å². The van der Waals surface area contributed by atoms with Crippen LogP contribution in [0.2, 0.25) is 0 Å². The van der Waals surface area contributed by atoms with E-state index in [0.717, 1.165) is 0 Å². The number of esters is 1. The van der Waals surface area contributed by atoms with Gasteiger partial charge in [0, 0.05) is 35.9 Å². The highest BCUT2D eigenvalue weighted by Gasteiger charge is 2.10. The normalized spacial score (nSPS) is 9.95. The smallest absolute Gasteiger partial charge is 0.373 e. The third kappa shape index (κ3) is 2.71. The van der Waals surface area contributed by atoms with E-state index in [-0.39, 0.29) is 5.82 Å². The van der Waals surface area contributed by atoms with Gasteiger partial charge in [-0.3, -0.25) is 4.98 Å². The number of carboxylic acids is 1. The number of hydrogen-bond acceptors (Lipinski definition) is 6. The molecule has 2 aromatic rings. The predicted octanol–water partition coefficient (Wildman–Crippen LogP) is 1.02. The molecule has 0 atom stereocenters. The van der Waals surface area contributed by atoms with Crippen LogP contribution in [0, 0.1) is 0 Å². The molecule has 0 fully saturated rings. The lowest BCUT2D eigenvalue weighted by molar-refractivity contribution is 0.0599. The fraction of sp³-hybridized carbons (Fsp3) is 0.0833. The third-order valence-corrected chi connectivity index (χ3v) is 2.34. The van der Waals surface area contributed by atoms with Crippen LogP contribution < -0.4 is 0 Å². The van der Waals surface area contributed by atoms with E-state index in [0.29, 0.717) is 16.7 Å². The molecule has 0 spiro atoms. The Balaban J connectivity index is 2.36. The van der Waals surface area contributed by atoms with E-state index < -0.39 is 11.9 Å². The van der Waals surface area contributed by atoms with Crippen molar-refractivity contribution >= 4 is 11.9 Å². The van der Waals surface area contributed by atoms with Gasteiger partial charge in [0.2, 0.25) is 5.82 Å². The van der Waals surface area contributed by atoms with Crippen molar-refractivity contribution in [2.24, 2.45) is 0 Å². The van der Waals surface area contributed by atoms with Crippen LogP contribution in [0.3, 0.4) is 0 Å². The number of ether oxygens (including phenoxy) is 1. The van der Waals surface area contributed by atoms with Crippen LogP contribution in [0.5, 0.6) is 0 Å². The van der Waals surface area contributed by atoms with E-state index in [1.54, 1.807) is 6.07 Å². The molecule has 2 aromatic heterocycles. The summed E-state index contributed by atoms with van der Waals surface area (Å²) in [5.74, 6) is -1.99. The summed E-state index contributed by atoms with van der Waals surface area (Å²) in [7, 11) is 1.28. The molecule has 0 amide bonds. The zero-order chi connectivity index (χ0) is 13.8. The van der Waals surface area contributed by atoms with E-state index in [2.05, 4.69) is 19.7 Å². The van der Waals surface area contributed by atoms with Crippen molar-refractivity contribution in [1.82, 2.24) is 15.0 Å². The standard InChI is InChI=1S/C12H9N3O4/c1-19-12(18)8-2-7(3-13-4-8)9-5-14-10(11(16)17)15-6-9/h2-6H,1H3,(H,16,17). The van der Waals surface area contributed by atoms with E-state index in [4.69, 9.17) is 5.11 Å². The van der Waals surface area contributed by atoms with Gasteiger partial charge in [-0.25, -0.2) is 19.6 Å². The Kier molecular flexibility index (Phi) is 3.46. The van der Waals surface area contributed by atoms with Crippen molar-refractivity contribution in [2.45, 2.75) is 0 Å². The second kappa shape index (κ2) is 5.21. The highest BCUT2D eigenvalue weighted by atomic mass is 16.5. The second-order valence-corrected chi connectivity index (χ2v) is 3.55. The van der Waals surface area contributed by atoms with E-state index >= 15 is 0 Å². The van der Waals surface area contributed by atoms with E-state index in [1.807, 2.05) is 0 Å². The second-order valence-electron chi connectivity index (χ2n) is 3.55.